The minimum Gasteiger partial charge on any atom is -0.665 e. The Bertz CT molecular complexity index is 4900. The molecule has 31 heteroatoms. The number of rotatable bonds is 24. The van der Waals surface area contributed by atoms with Gasteiger partial charge in [-0.3, -0.25) is 0 Å². The van der Waals surface area contributed by atoms with E-state index in [9.17, 15) is 0 Å². The molecule has 0 saturated carbocycles. The van der Waals surface area contributed by atoms with Crippen LogP contribution in [0.4, 0.5) is 0 Å². The Morgan fingerprint density at radius 2 is 0.205 bits per heavy atom. The van der Waals surface area contributed by atoms with Crippen LogP contribution in [0.3, 0.4) is 0 Å². The SMILES string of the molecule is Cc1ccc(OP(=S)([S-])Oc2ccc(C)cc2C)c(C)c1.Cc1ccc(OP(=S)([S-])Oc2ccc(C)cc2C)c(C)c1.Cc1ccc(OP(=S)([S-])Oc2ccc(C)cc2C)c(C)c1.Cc1ccc(OP(=S)([S-])Oc2ccc(C)cc2C)c(C)c1.Cc1ccc(OP(=S)([S-])Oc2ccc(C)cc2C)c(C)c1.Cc1ccc(OP(=S)([S-])Oc2ccc(C)cc2C)c(C)c1.[Mo+6]. The summed E-state index contributed by atoms with van der Waals surface area (Å²) in [6, 6.07) is 70.9. The van der Waals surface area contributed by atoms with Gasteiger partial charge in [-0.2, -0.15) is 0 Å². The van der Waals surface area contributed by atoms with Gasteiger partial charge in [0.25, 0.3) is 0 Å². The van der Waals surface area contributed by atoms with Crippen molar-refractivity contribution < 1.29 is 75.4 Å². The van der Waals surface area contributed by atoms with Crippen LogP contribution in [0.15, 0.2) is 218 Å². The van der Waals surface area contributed by atoms with Gasteiger partial charge >= 0.3 is 21.1 Å². The standard InChI is InChI=1S/6C16H19O2PS2.Mo/c6*1-11-5-7-15(13(3)9-11)17-19(20,21)18-16-8-6-12(2)10-14(16)4;/h6*5-10H,1-4H3,(H,20,21);/q;;;;;;+6/p-6. The van der Waals surface area contributed by atoms with Crippen LogP contribution in [0.5, 0.6) is 69.0 Å². The maximum Gasteiger partial charge on any atom is 6.00 e. The van der Waals surface area contributed by atoms with E-state index in [1.165, 1.54) is 66.8 Å². The fraction of sp³-hybridized carbons (Fsp3) is 0.250. The Hall–Kier alpha value is -5.07. The molecule has 12 aromatic rings. The molecule has 0 amide bonds. The third-order valence-corrected chi connectivity index (χ3v) is 28.9. The molecule has 0 N–H and O–H groups in total. The van der Waals surface area contributed by atoms with Crippen molar-refractivity contribution >= 4 is 178 Å². The van der Waals surface area contributed by atoms with Gasteiger partial charge in [0, 0.05) is 0 Å². The van der Waals surface area contributed by atoms with Crippen LogP contribution < -0.4 is 54.3 Å². The third kappa shape index (κ3) is 38.4. The molecule has 0 spiro atoms. The molecular weight excluding hydrogens is 2010 g/mol. The average molecular weight is 2120 g/mol. The van der Waals surface area contributed by atoms with Crippen molar-refractivity contribution in [3.8, 4) is 69.0 Å². The molecule has 0 aliphatic carbocycles. The van der Waals surface area contributed by atoms with Gasteiger partial charge in [0.2, 0.25) is 0 Å². The molecule has 0 atom stereocenters. The monoisotopic (exact) mass is 2120 g/mol. The Kier molecular flexibility index (Phi) is 43.4. The minimum atomic E-state index is -2.80. The smallest absolute Gasteiger partial charge is 0.665 e. The molecule has 672 valence electrons. The van der Waals surface area contributed by atoms with E-state index < -0.39 is 34.2 Å². The molecule has 0 aromatic heterocycles. The summed E-state index contributed by atoms with van der Waals surface area (Å²) in [6.45, 7) is 48.1. The van der Waals surface area contributed by atoms with E-state index in [2.05, 4.69) is 0 Å². The van der Waals surface area contributed by atoms with Crippen LogP contribution in [-0.4, -0.2) is 0 Å². The summed E-state index contributed by atoms with van der Waals surface area (Å²) in [6.07, 6.45) is 0. The molecule has 12 rings (SSSR count). The molecule has 0 unspecified atom stereocenters. The van der Waals surface area contributed by atoms with Crippen LogP contribution >= 0.6 is 34.2 Å². The van der Waals surface area contributed by atoms with Gasteiger partial charge in [-0.05, 0) is 377 Å². The first-order chi connectivity index (χ1) is 58.6. The summed E-state index contributed by atoms with van der Waals surface area (Å²) in [4.78, 5) is 0. The normalized spacial score (nSPS) is 11.2. The van der Waals surface area contributed by atoms with E-state index in [0.717, 1.165) is 66.8 Å². The largest absolute Gasteiger partial charge is 6.00 e. The van der Waals surface area contributed by atoms with Gasteiger partial charge in [-0.15, -0.1) is 0 Å². The van der Waals surface area contributed by atoms with Crippen molar-refractivity contribution in [2.75, 3.05) is 0 Å². The molecule has 12 aromatic carbocycles. The molecule has 0 aliphatic heterocycles. The molecule has 0 radical (unpaired) electrons. The van der Waals surface area contributed by atoms with Crippen molar-refractivity contribution in [2.45, 2.75) is 166 Å². The predicted octanol–water partition coefficient (Wildman–Crippen LogP) is 30.9. The van der Waals surface area contributed by atoms with E-state index in [0.29, 0.717) is 69.0 Å². The Morgan fingerprint density at radius 1 is 0.142 bits per heavy atom. The fourth-order valence-electron chi connectivity index (χ4n) is 12.4. The second-order valence-electron chi connectivity index (χ2n) is 31.0. The second-order valence-corrected chi connectivity index (χ2v) is 60.0. The van der Waals surface area contributed by atoms with Gasteiger partial charge in [0.1, 0.15) is 69.0 Å². The fourth-order valence-corrected chi connectivity index (χ4v) is 23.7. The molecular formula is C96H108MoO12P6S12. The zero-order valence-electron chi connectivity index (χ0n) is 75.7. The molecule has 0 aliphatic rings. The zero-order valence-corrected chi connectivity index (χ0v) is 92.8. The van der Waals surface area contributed by atoms with Crippen LogP contribution in [0.1, 0.15) is 134 Å². The number of hydrogen-bond acceptors (Lipinski definition) is 24. The second kappa shape index (κ2) is 49.8. The zero-order chi connectivity index (χ0) is 93.7. The van der Waals surface area contributed by atoms with Gasteiger partial charge in [0.05, 0.1) is 0 Å². The minimum absolute atomic E-state index is 0. The quantitative estimate of drug-likeness (QED) is 0.0325. The van der Waals surface area contributed by atoms with Crippen molar-refractivity contribution in [3.05, 3.63) is 352 Å². The molecule has 127 heavy (non-hydrogen) atoms. The molecule has 12 nitrogen and oxygen atoms in total. The van der Waals surface area contributed by atoms with E-state index in [1.807, 2.05) is 385 Å². The number of aryl methyl sites for hydroxylation is 24. The third-order valence-electron chi connectivity index (χ3n) is 18.5. The predicted molar refractivity (Wildman–Crippen MR) is 568 cm³/mol. The summed E-state index contributed by atoms with van der Waals surface area (Å²) in [5.74, 6) is 8.37. The van der Waals surface area contributed by atoms with E-state index >= 15 is 0 Å². The first kappa shape index (κ1) is 111. The molecule has 0 heterocycles. The van der Waals surface area contributed by atoms with E-state index in [4.69, 9.17) is 199 Å². The van der Waals surface area contributed by atoms with Gasteiger partial charge in [-0.1, -0.05) is 212 Å². The Morgan fingerprint density at radius 3 is 0.260 bits per heavy atom. The van der Waals surface area contributed by atoms with Crippen molar-refractivity contribution in [3.63, 3.8) is 0 Å². The van der Waals surface area contributed by atoms with E-state index in [-0.39, 0.29) is 21.1 Å². The van der Waals surface area contributed by atoms with Crippen LogP contribution in [0, 0.1) is 166 Å². The van der Waals surface area contributed by atoms with E-state index in [1.54, 1.807) is 0 Å². The maximum absolute atomic E-state index is 5.80. The summed E-state index contributed by atoms with van der Waals surface area (Å²) in [7, 11) is 0. The summed E-state index contributed by atoms with van der Waals surface area (Å²) >= 11 is 64.5. The van der Waals surface area contributed by atoms with Crippen molar-refractivity contribution in [1.29, 1.82) is 0 Å². The van der Waals surface area contributed by atoms with Crippen LogP contribution in [-0.2, 0) is 165 Å². The molecule has 0 bridgehead atoms. The topological polar surface area (TPSA) is 111 Å². The number of hydrogen-bond donors (Lipinski definition) is 0. The maximum atomic E-state index is 5.80. The molecule has 0 saturated heterocycles. The van der Waals surface area contributed by atoms with Crippen LogP contribution in [0.25, 0.3) is 0 Å². The Balaban J connectivity index is 0.000000235. The van der Waals surface area contributed by atoms with Crippen molar-refractivity contribution in [1.82, 2.24) is 0 Å². The van der Waals surface area contributed by atoms with Crippen LogP contribution in [0.2, 0.25) is 0 Å². The summed E-state index contributed by atoms with van der Waals surface area (Å²) < 4.78 is 69.5. The van der Waals surface area contributed by atoms with Gasteiger partial charge < -0.3 is 128 Å². The first-order valence-electron chi connectivity index (χ1n) is 39.7. The van der Waals surface area contributed by atoms with Gasteiger partial charge in [-0.25, -0.2) is 0 Å². The van der Waals surface area contributed by atoms with Crippen molar-refractivity contribution in [2.24, 2.45) is 0 Å². The summed E-state index contributed by atoms with van der Waals surface area (Å²) in [5, 5.41) is 0. The number of benzene rings is 12. The Labute approximate surface area is 832 Å². The first-order valence-corrected chi connectivity index (χ1v) is 61.6. The van der Waals surface area contributed by atoms with Gasteiger partial charge in [0.15, 0.2) is 34.2 Å². The summed E-state index contributed by atoms with van der Waals surface area (Å²) in [5.41, 5.74) is 9.41. The molecule has 0 fully saturated rings. The average Bonchev–Trinajstić information content (AvgIpc) is 0.847.